The van der Waals surface area contributed by atoms with Crippen LogP contribution in [-0.2, 0) is 4.74 Å². The lowest BCUT2D eigenvalue weighted by Gasteiger charge is -2.45. The number of piperazine rings is 1. The molecule has 1 N–H and O–H groups in total. The third-order valence-corrected chi connectivity index (χ3v) is 8.75. The number of hydrogen-bond acceptors (Lipinski definition) is 8. The van der Waals surface area contributed by atoms with E-state index in [0.29, 0.717) is 5.95 Å². The molecule has 3 atom stereocenters. The number of nitrogens with zero attached hydrogens (tertiary/aromatic N) is 6. The van der Waals surface area contributed by atoms with E-state index in [1.54, 1.807) is 6.20 Å². The molecule has 8 heteroatoms. The largest absolute Gasteiger partial charge is 0.378 e. The number of hydrogen-bond donors (Lipinski definition) is 1. The predicted molar refractivity (Wildman–Crippen MR) is 147 cm³/mol. The van der Waals surface area contributed by atoms with Gasteiger partial charge in [0.15, 0.2) is 0 Å². The fraction of sp³-hybridized carbons (Fsp3) is 0.483. The molecule has 4 fully saturated rings. The minimum atomic E-state index is 0.595. The second-order valence-corrected chi connectivity index (χ2v) is 10.9. The molecule has 3 aromatic rings. The molecule has 1 aliphatic carbocycles. The van der Waals surface area contributed by atoms with E-state index in [4.69, 9.17) is 9.72 Å². The van der Waals surface area contributed by atoms with Crippen LogP contribution >= 0.6 is 0 Å². The van der Waals surface area contributed by atoms with Crippen molar-refractivity contribution in [1.82, 2.24) is 19.9 Å². The molecule has 2 bridgehead atoms. The van der Waals surface area contributed by atoms with Crippen LogP contribution in [0, 0.1) is 12.8 Å². The molecule has 3 unspecified atom stereocenters. The van der Waals surface area contributed by atoms with Crippen LogP contribution in [0.15, 0.2) is 48.8 Å². The van der Waals surface area contributed by atoms with Crippen molar-refractivity contribution in [3.05, 3.63) is 54.4 Å². The standard InChI is InChI=1S/C29H35N7O/c1-20-16-23(4-6-26(20)35-10-11-36-24-5-2-21(17-24)27(36)19-35)32-29-30-9-8-25(33-29)22-3-7-28(31-18-22)34-12-14-37-15-13-34/h3-4,6-9,16,18,21,24,27H,2,5,10-15,17,19H2,1H3,(H,30,32,33). The first-order valence-electron chi connectivity index (χ1n) is 13.7. The predicted octanol–water partition coefficient (Wildman–Crippen LogP) is 4.10. The van der Waals surface area contributed by atoms with E-state index in [1.807, 2.05) is 12.3 Å². The number of morpholine rings is 1. The van der Waals surface area contributed by atoms with Gasteiger partial charge in [-0.1, -0.05) is 0 Å². The van der Waals surface area contributed by atoms with E-state index in [0.717, 1.165) is 80.2 Å². The zero-order valence-corrected chi connectivity index (χ0v) is 21.5. The summed E-state index contributed by atoms with van der Waals surface area (Å²) in [5, 5.41) is 3.42. The van der Waals surface area contributed by atoms with Crippen LogP contribution < -0.4 is 15.1 Å². The minimum Gasteiger partial charge on any atom is -0.378 e. The Labute approximate surface area is 218 Å². The van der Waals surface area contributed by atoms with Crippen molar-refractivity contribution in [1.29, 1.82) is 0 Å². The third-order valence-electron chi connectivity index (χ3n) is 8.75. The Morgan fingerprint density at radius 1 is 0.946 bits per heavy atom. The molecule has 0 spiro atoms. The smallest absolute Gasteiger partial charge is 0.227 e. The van der Waals surface area contributed by atoms with Crippen LogP contribution in [0.2, 0.25) is 0 Å². The Morgan fingerprint density at radius 3 is 2.70 bits per heavy atom. The second-order valence-electron chi connectivity index (χ2n) is 10.9. The topological polar surface area (TPSA) is 69.6 Å². The molecule has 7 rings (SSSR count). The highest BCUT2D eigenvalue weighted by atomic mass is 16.5. The number of pyridine rings is 1. The minimum absolute atomic E-state index is 0.595. The fourth-order valence-corrected chi connectivity index (χ4v) is 6.87. The van der Waals surface area contributed by atoms with Gasteiger partial charge in [-0.2, -0.15) is 0 Å². The Kier molecular flexibility index (Phi) is 5.93. The van der Waals surface area contributed by atoms with E-state index in [2.05, 4.69) is 67.2 Å². The molecule has 2 aromatic heterocycles. The molecule has 3 aliphatic heterocycles. The molecular formula is C29H35N7O. The average Bonchev–Trinajstić information content (AvgIpc) is 3.57. The molecule has 0 amide bonds. The van der Waals surface area contributed by atoms with Gasteiger partial charge in [-0.05, 0) is 74.1 Å². The summed E-state index contributed by atoms with van der Waals surface area (Å²) in [7, 11) is 0. The number of nitrogens with one attached hydrogen (secondary N) is 1. The molecule has 8 nitrogen and oxygen atoms in total. The molecule has 1 aromatic carbocycles. The number of aryl methyl sites for hydroxylation is 1. The number of ether oxygens (including phenoxy) is 1. The van der Waals surface area contributed by atoms with Crippen molar-refractivity contribution < 1.29 is 4.74 Å². The lowest BCUT2D eigenvalue weighted by Crippen LogP contribution is -2.55. The first-order valence-corrected chi connectivity index (χ1v) is 13.7. The van der Waals surface area contributed by atoms with Gasteiger partial charge in [0.1, 0.15) is 5.82 Å². The van der Waals surface area contributed by atoms with Crippen LogP contribution in [0.3, 0.4) is 0 Å². The van der Waals surface area contributed by atoms with Gasteiger partial charge in [0.05, 0.1) is 18.9 Å². The van der Waals surface area contributed by atoms with Crippen LogP contribution in [0.1, 0.15) is 24.8 Å². The first kappa shape index (κ1) is 22.9. The van der Waals surface area contributed by atoms with Gasteiger partial charge in [0, 0.05) is 74.1 Å². The number of anilines is 4. The summed E-state index contributed by atoms with van der Waals surface area (Å²) in [5.41, 5.74) is 5.50. The molecule has 1 saturated carbocycles. The van der Waals surface area contributed by atoms with Crippen molar-refractivity contribution in [2.45, 2.75) is 38.3 Å². The maximum atomic E-state index is 5.45. The highest BCUT2D eigenvalue weighted by molar-refractivity contribution is 5.66. The van der Waals surface area contributed by atoms with Crippen molar-refractivity contribution in [3.63, 3.8) is 0 Å². The molecule has 4 aliphatic rings. The lowest BCUT2D eigenvalue weighted by molar-refractivity contribution is 0.122. The summed E-state index contributed by atoms with van der Waals surface area (Å²) in [6.45, 7) is 8.97. The molecule has 3 saturated heterocycles. The number of rotatable bonds is 5. The quantitative estimate of drug-likeness (QED) is 0.565. The van der Waals surface area contributed by atoms with E-state index in [-0.39, 0.29) is 0 Å². The summed E-state index contributed by atoms with van der Waals surface area (Å²) in [6.07, 6.45) is 7.96. The van der Waals surface area contributed by atoms with Gasteiger partial charge < -0.3 is 19.9 Å². The van der Waals surface area contributed by atoms with Crippen LogP contribution in [-0.4, -0.2) is 77.9 Å². The lowest BCUT2D eigenvalue weighted by atomic mass is 9.96. The van der Waals surface area contributed by atoms with Crippen molar-refractivity contribution in [2.75, 3.05) is 61.1 Å². The highest BCUT2D eigenvalue weighted by Crippen LogP contribution is 2.44. The number of aromatic nitrogens is 3. The maximum absolute atomic E-state index is 5.45. The SMILES string of the molecule is Cc1cc(Nc2nccc(-c3ccc(N4CCOCC4)nc3)n2)ccc1N1CCN2C3CCC(C3)C2C1. The Bertz CT molecular complexity index is 1260. The van der Waals surface area contributed by atoms with Crippen LogP contribution in [0.25, 0.3) is 11.3 Å². The molecule has 5 heterocycles. The van der Waals surface area contributed by atoms with Gasteiger partial charge in [0.2, 0.25) is 5.95 Å². The van der Waals surface area contributed by atoms with E-state index >= 15 is 0 Å². The molecule has 192 valence electrons. The Morgan fingerprint density at radius 2 is 1.86 bits per heavy atom. The van der Waals surface area contributed by atoms with Gasteiger partial charge in [-0.15, -0.1) is 0 Å². The van der Waals surface area contributed by atoms with Crippen LogP contribution in [0.4, 0.5) is 23.1 Å². The van der Waals surface area contributed by atoms with Gasteiger partial charge >= 0.3 is 0 Å². The van der Waals surface area contributed by atoms with Gasteiger partial charge in [-0.3, -0.25) is 4.90 Å². The normalized spacial score (nSPS) is 25.4. The summed E-state index contributed by atoms with van der Waals surface area (Å²) < 4.78 is 5.45. The number of piperidine rings is 1. The summed E-state index contributed by atoms with van der Waals surface area (Å²) in [6, 6.07) is 14.3. The van der Waals surface area contributed by atoms with Crippen molar-refractivity contribution in [3.8, 4) is 11.3 Å². The summed E-state index contributed by atoms with van der Waals surface area (Å²) in [5.74, 6) is 2.48. The molecule has 0 radical (unpaired) electrons. The summed E-state index contributed by atoms with van der Waals surface area (Å²) in [4.78, 5) is 21.6. The average molecular weight is 498 g/mol. The van der Waals surface area contributed by atoms with Gasteiger partial charge in [-0.25, -0.2) is 15.0 Å². The highest BCUT2D eigenvalue weighted by Gasteiger charge is 2.47. The maximum Gasteiger partial charge on any atom is 0.227 e. The summed E-state index contributed by atoms with van der Waals surface area (Å²) >= 11 is 0. The van der Waals surface area contributed by atoms with Gasteiger partial charge in [0.25, 0.3) is 0 Å². The molecular weight excluding hydrogens is 462 g/mol. The third kappa shape index (κ3) is 4.42. The Hall–Kier alpha value is -3.23. The first-order chi connectivity index (χ1) is 18.2. The van der Waals surface area contributed by atoms with Crippen molar-refractivity contribution in [2.24, 2.45) is 5.92 Å². The van der Waals surface area contributed by atoms with E-state index < -0.39 is 0 Å². The van der Waals surface area contributed by atoms with Crippen molar-refractivity contribution >= 4 is 23.1 Å². The van der Waals surface area contributed by atoms with Crippen LogP contribution in [0.5, 0.6) is 0 Å². The molecule has 37 heavy (non-hydrogen) atoms. The zero-order chi connectivity index (χ0) is 24.8. The zero-order valence-electron chi connectivity index (χ0n) is 21.5. The van der Waals surface area contributed by atoms with E-state index in [1.165, 1.54) is 37.1 Å². The number of fused-ring (bicyclic) bond motifs is 5. The second kappa shape index (κ2) is 9.58. The fourth-order valence-electron chi connectivity index (χ4n) is 6.87. The van der Waals surface area contributed by atoms with E-state index in [9.17, 15) is 0 Å². The number of benzene rings is 1. The monoisotopic (exact) mass is 497 g/mol. The Balaban J connectivity index is 1.03.